The molecule has 0 saturated carbocycles. The minimum absolute atomic E-state index is 0.00669. The maximum atomic E-state index is 12.2. The molecule has 1 fully saturated rings. The lowest BCUT2D eigenvalue weighted by Gasteiger charge is -2.11. The number of amidine groups is 1. The highest BCUT2D eigenvalue weighted by molar-refractivity contribution is 8.18. The quantitative estimate of drug-likeness (QED) is 0.864. The highest BCUT2D eigenvalue weighted by Crippen LogP contribution is 2.32. The van der Waals surface area contributed by atoms with Gasteiger partial charge in [0.2, 0.25) is 0 Å². The molecule has 1 amide bonds. The van der Waals surface area contributed by atoms with Gasteiger partial charge in [0.25, 0.3) is 5.91 Å². The fourth-order valence-electron chi connectivity index (χ4n) is 1.76. The van der Waals surface area contributed by atoms with Crippen molar-refractivity contribution < 1.29 is 9.90 Å². The van der Waals surface area contributed by atoms with E-state index < -0.39 is 0 Å². The Morgan fingerprint density at radius 2 is 2.00 bits per heavy atom. The van der Waals surface area contributed by atoms with Crippen LogP contribution < -0.4 is 0 Å². The number of rotatable bonds is 3. The first-order valence-electron chi connectivity index (χ1n) is 6.20. The summed E-state index contributed by atoms with van der Waals surface area (Å²) in [6.45, 7) is 5.18. The van der Waals surface area contributed by atoms with Crippen LogP contribution in [0.25, 0.3) is 6.08 Å². The maximum absolute atomic E-state index is 12.2. The Bertz CT molecular complexity index is 535. The van der Waals surface area contributed by atoms with Crippen LogP contribution in [0.3, 0.4) is 0 Å². The number of nitrogens with zero attached hydrogens (tertiary/aromatic N) is 2. The van der Waals surface area contributed by atoms with E-state index in [2.05, 4.69) is 4.99 Å². The minimum Gasteiger partial charge on any atom is -0.508 e. The van der Waals surface area contributed by atoms with Crippen molar-refractivity contribution in [3.63, 3.8) is 0 Å². The standard InChI is InChI=1S/C14H16N2O2S/c1-3-15-14-16(4-2)13(18)12(19-14)9-10-5-7-11(17)8-6-10/h5-9,17H,3-4H2,1-2H3/b12-9+,15-14?. The molecule has 0 radical (unpaired) electrons. The van der Waals surface area contributed by atoms with Crippen LogP contribution in [0.2, 0.25) is 0 Å². The van der Waals surface area contributed by atoms with Crippen molar-refractivity contribution in [3.8, 4) is 5.75 Å². The number of aliphatic imine (C=N–C) groups is 1. The number of hydrogen-bond donors (Lipinski definition) is 1. The number of benzene rings is 1. The van der Waals surface area contributed by atoms with Gasteiger partial charge in [-0.3, -0.25) is 14.7 Å². The van der Waals surface area contributed by atoms with Crippen molar-refractivity contribution in [3.05, 3.63) is 34.7 Å². The summed E-state index contributed by atoms with van der Waals surface area (Å²) in [5.74, 6) is 0.212. The van der Waals surface area contributed by atoms with Gasteiger partial charge in [0, 0.05) is 13.1 Å². The van der Waals surface area contributed by atoms with E-state index in [1.54, 1.807) is 29.2 Å². The molecule has 5 heteroatoms. The number of phenolic OH excluding ortho intramolecular Hbond substituents is 1. The normalized spacial score (nSPS) is 19.7. The highest BCUT2D eigenvalue weighted by atomic mass is 32.2. The van der Waals surface area contributed by atoms with Crippen LogP contribution in [0, 0.1) is 0 Å². The second-order valence-corrected chi connectivity index (χ2v) is 5.02. The Morgan fingerprint density at radius 3 is 2.58 bits per heavy atom. The number of aromatic hydroxyl groups is 1. The Kier molecular flexibility index (Phi) is 4.27. The molecule has 1 aliphatic heterocycles. The topological polar surface area (TPSA) is 52.9 Å². The van der Waals surface area contributed by atoms with Gasteiger partial charge >= 0.3 is 0 Å². The first-order valence-corrected chi connectivity index (χ1v) is 7.02. The molecular weight excluding hydrogens is 260 g/mol. The molecule has 19 heavy (non-hydrogen) atoms. The average molecular weight is 276 g/mol. The first kappa shape index (κ1) is 13.7. The fraction of sp³-hybridized carbons (Fsp3) is 0.286. The van der Waals surface area contributed by atoms with E-state index in [9.17, 15) is 9.90 Å². The zero-order chi connectivity index (χ0) is 13.8. The number of phenols is 1. The number of likely N-dealkylation sites (N-methyl/N-ethyl adjacent to an activating group) is 1. The lowest BCUT2D eigenvalue weighted by atomic mass is 10.2. The van der Waals surface area contributed by atoms with Gasteiger partial charge in [-0.15, -0.1) is 0 Å². The Hall–Kier alpha value is -1.75. The lowest BCUT2D eigenvalue weighted by molar-refractivity contribution is -0.122. The largest absolute Gasteiger partial charge is 0.508 e. The average Bonchev–Trinajstić information content (AvgIpc) is 2.69. The van der Waals surface area contributed by atoms with Gasteiger partial charge in [-0.25, -0.2) is 0 Å². The molecule has 0 spiro atoms. The first-order chi connectivity index (χ1) is 9.15. The van der Waals surface area contributed by atoms with Gasteiger partial charge in [0.1, 0.15) is 5.75 Å². The predicted octanol–water partition coefficient (Wildman–Crippen LogP) is 2.70. The summed E-state index contributed by atoms with van der Waals surface area (Å²) in [4.78, 5) is 18.9. The molecule has 2 rings (SSSR count). The zero-order valence-corrected chi connectivity index (χ0v) is 11.8. The van der Waals surface area contributed by atoms with Gasteiger partial charge < -0.3 is 5.11 Å². The zero-order valence-electron chi connectivity index (χ0n) is 11.0. The number of carbonyl (C=O) groups is 1. The van der Waals surface area contributed by atoms with Crippen LogP contribution >= 0.6 is 11.8 Å². The van der Waals surface area contributed by atoms with E-state index in [1.807, 2.05) is 19.9 Å². The van der Waals surface area contributed by atoms with Gasteiger partial charge in [-0.1, -0.05) is 12.1 Å². The van der Waals surface area contributed by atoms with Crippen molar-refractivity contribution >= 4 is 28.9 Å². The van der Waals surface area contributed by atoms with E-state index in [4.69, 9.17) is 0 Å². The molecule has 100 valence electrons. The second-order valence-electron chi connectivity index (χ2n) is 4.01. The molecule has 0 unspecified atom stereocenters. The highest BCUT2D eigenvalue weighted by Gasteiger charge is 2.31. The number of carbonyl (C=O) groups excluding carboxylic acids is 1. The molecule has 1 N–H and O–H groups in total. The summed E-state index contributed by atoms with van der Waals surface area (Å²) in [7, 11) is 0. The second kappa shape index (κ2) is 5.93. The third-order valence-electron chi connectivity index (χ3n) is 2.69. The van der Waals surface area contributed by atoms with E-state index in [-0.39, 0.29) is 11.7 Å². The van der Waals surface area contributed by atoms with Crippen LogP contribution in [0.1, 0.15) is 19.4 Å². The van der Waals surface area contributed by atoms with E-state index >= 15 is 0 Å². The molecule has 0 atom stereocenters. The van der Waals surface area contributed by atoms with Crippen LogP contribution in [0.5, 0.6) is 5.75 Å². The Labute approximate surface area is 116 Å². The molecule has 1 aromatic rings. The monoisotopic (exact) mass is 276 g/mol. The SMILES string of the molecule is CCN=C1S/C(=C/c2ccc(O)cc2)C(=O)N1CC. The Balaban J connectivity index is 2.28. The minimum atomic E-state index is -0.00669. The third kappa shape index (κ3) is 2.98. The number of thioether (sulfide) groups is 1. The van der Waals surface area contributed by atoms with Gasteiger partial charge in [-0.05, 0) is 49.4 Å². The van der Waals surface area contributed by atoms with Gasteiger partial charge in [0.15, 0.2) is 5.17 Å². The smallest absolute Gasteiger partial charge is 0.266 e. The molecule has 0 aliphatic carbocycles. The van der Waals surface area contributed by atoms with Crippen LogP contribution in [0.4, 0.5) is 0 Å². The van der Waals surface area contributed by atoms with E-state index in [0.717, 1.165) is 10.7 Å². The lowest BCUT2D eigenvalue weighted by Crippen LogP contribution is -2.28. The van der Waals surface area contributed by atoms with Crippen molar-refractivity contribution in [2.24, 2.45) is 4.99 Å². The molecule has 0 bridgehead atoms. The summed E-state index contributed by atoms with van der Waals surface area (Å²) in [5.41, 5.74) is 0.891. The summed E-state index contributed by atoms with van der Waals surface area (Å²) < 4.78 is 0. The molecule has 4 nitrogen and oxygen atoms in total. The van der Waals surface area contributed by atoms with Gasteiger partial charge in [-0.2, -0.15) is 0 Å². The molecule has 1 heterocycles. The summed E-state index contributed by atoms with van der Waals surface area (Å²) >= 11 is 1.40. The van der Waals surface area contributed by atoms with Crippen molar-refractivity contribution in [2.75, 3.05) is 13.1 Å². The van der Waals surface area contributed by atoms with Crippen LogP contribution in [-0.4, -0.2) is 34.2 Å². The fourth-order valence-corrected chi connectivity index (χ4v) is 2.87. The van der Waals surface area contributed by atoms with Crippen LogP contribution in [-0.2, 0) is 4.79 Å². The molecule has 1 aromatic carbocycles. The van der Waals surface area contributed by atoms with Crippen LogP contribution in [0.15, 0.2) is 34.2 Å². The number of hydrogen-bond acceptors (Lipinski definition) is 4. The predicted molar refractivity (Wildman–Crippen MR) is 79.0 cm³/mol. The van der Waals surface area contributed by atoms with Crippen molar-refractivity contribution in [2.45, 2.75) is 13.8 Å². The molecule has 0 aromatic heterocycles. The molecule has 1 aliphatic rings. The molecule has 1 saturated heterocycles. The summed E-state index contributed by atoms with van der Waals surface area (Å²) in [6.07, 6.45) is 1.83. The third-order valence-corrected chi connectivity index (χ3v) is 3.73. The van der Waals surface area contributed by atoms with E-state index in [1.165, 1.54) is 11.8 Å². The summed E-state index contributed by atoms with van der Waals surface area (Å²) in [6, 6.07) is 6.77. The number of amides is 1. The van der Waals surface area contributed by atoms with Gasteiger partial charge in [0.05, 0.1) is 4.91 Å². The Morgan fingerprint density at radius 1 is 1.32 bits per heavy atom. The van der Waals surface area contributed by atoms with Crippen molar-refractivity contribution in [1.82, 2.24) is 4.90 Å². The van der Waals surface area contributed by atoms with E-state index in [0.29, 0.717) is 18.0 Å². The molecular formula is C14H16N2O2S. The van der Waals surface area contributed by atoms with Crippen molar-refractivity contribution in [1.29, 1.82) is 0 Å². The summed E-state index contributed by atoms with van der Waals surface area (Å²) in [5, 5.41) is 10.0. The maximum Gasteiger partial charge on any atom is 0.266 e.